The molecule has 3 N–H and O–H groups in total. The zero-order chi connectivity index (χ0) is 14.1. The summed E-state index contributed by atoms with van der Waals surface area (Å²) in [7, 11) is 0. The highest BCUT2D eigenvalue weighted by atomic mass is 16.6. The van der Waals surface area contributed by atoms with Crippen LogP contribution in [0.25, 0.3) is 0 Å². The third-order valence-corrected chi connectivity index (χ3v) is 2.31. The van der Waals surface area contributed by atoms with Gasteiger partial charge < -0.3 is 5.32 Å². The highest BCUT2D eigenvalue weighted by molar-refractivity contribution is 5.96. The number of carbonyl (C=O) groups excluding carboxylic acids is 2. The second kappa shape index (κ2) is 8.23. The Kier molecular flexibility index (Phi) is 6.56. The summed E-state index contributed by atoms with van der Waals surface area (Å²) in [5.41, 5.74) is 3.58. The number of hydroxylamine groups is 1. The molecular weight excluding hydrogens is 246 g/mol. The highest BCUT2D eigenvalue weighted by Gasteiger charge is 2.15. The van der Waals surface area contributed by atoms with Crippen molar-refractivity contribution in [3.05, 3.63) is 35.9 Å². The van der Waals surface area contributed by atoms with Crippen molar-refractivity contribution in [3.8, 4) is 0 Å². The molecule has 0 aliphatic carbocycles. The van der Waals surface area contributed by atoms with Crippen LogP contribution in [-0.4, -0.2) is 24.5 Å². The average molecular weight is 265 g/mol. The third-order valence-electron chi connectivity index (χ3n) is 2.31. The van der Waals surface area contributed by atoms with Crippen LogP contribution < -0.4 is 16.1 Å². The molecule has 0 aliphatic rings. The third kappa shape index (κ3) is 5.98. The van der Waals surface area contributed by atoms with Crippen LogP contribution >= 0.6 is 0 Å². The summed E-state index contributed by atoms with van der Waals surface area (Å²) in [6.07, 6.45) is 0. The maximum absolute atomic E-state index is 11.6. The van der Waals surface area contributed by atoms with Crippen LogP contribution in [0.2, 0.25) is 0 Å². The van der Waals surface area contributed by atoms with Crippen LogP contribution in [0, 0.1) is 0 Å². The minimum absolute atomic E-state index is 0.347. The zero-order valence-electron chi connectivity index (χ0n) is 11.1. The van der Waals surface area contributed by atoms with Crippen molar-refractivity contribution in [1.82, 2.24) is 16.1 Å². The molecule has 1 atom stereocenters. The lowest BCUT2D eigenvalue weighted by atomic mass is 10.2. The second-order valence-corrected chi connectivity index (χ2v) is 3.96. The molecule has 1 rings (SSSR count). The summed E-state index contributed by atoms with van der Waals surface area (Å²) in [6.45, 7) is 4.19. The van der Waals surface area contributed by atoms with E-state index in [0.29, 0.717) is 13.2 Å². The first-order chi connectivity index (χ1) is 9.13. The van der Waals surface area contributed by atoms with Crippen molar-refractivity contribution in [2.24, 2.45) is 0 Å². The molecule has 0 aromatic heterocycles. The van der Waals surface area contributed by atoms with E-state index < -0.39 is 18.0 Å². The van der Waals surface area contributed by atoms with E-state index in [4.69, 9.17) is 4.84 Å². The number of imide groups is 1. The van der Waals surface area contributed by atoms with Crippen LogP contribution in [0.4, 0.5) is 4.79 Å². The maximum atomic E-state index is 11.6. The Hall–Kier alpha value is -1.92. The Morgan fingerprint density at radius 1 is 1.26 bits per heavy atom. The monoisotopic (exact) mass is 265 g/mol. The molecule has 0 saturated carbocycles. The van der Waals surface area contributed by atoms with Crippen LogP contribution in [0.15, 0.2) is 30.3 Å². The quantitative estimate of drug-likeness (QED) is 0.669. The number of benzene rings is 1. The summed E-state index contributed by atoms with van der Waals surface area (Å²) in [5, 5.41) is 4.67. The molecule has 104 valence electrons. The first-order valence-corrected chi connectivity index (χ1v) is 6.13. The fourth-order valence-corrected chi connectivity index (χ4v) is 1.30. The van der Waals surface area contributed by atoms with Gasteiger partial charge >= 0.3 is 6.03 Å². The molecule has 0 bridgehead atoms. The Morgan fingerprint density at radius 3 is 2.58 bits per heavy atom. The lowest BCUT2D eigenvalue weighted by Crippen LogP contribution is -2.47. The van der Waals surface area contributed by atoms with Crippen molar-refractivity contribution >= 4 is 11.9 Å². The molecule has 1 aromatic rings. The number of carbonyl (C=O) groups is 2. The second-order valence-electron chi connectivity index (χ2n) is 3.96. The summed E-state index contributed by atoms with van der Waals surface area (Å²) in [6, 6.07) is 8.44. The fraction of sp³-hybridized carbons (Fsp3) is 0.385. The minimum Gasteiger partial charge on any atom is -0.338 e. The van der Waals surface area contributed by atoms with Crippen LogP contribution in [0.5, 0.6) is 0 Å². The van der Waals surface area contributed by atoms with Gasteiger partial charge in [-0.2, -0.15) is 5.48 Å². The van der Waals surface area contributed by atoms with E-state index in [1.54, 1.807) is 13.8 Å². The number of amides is 3. The SMILES string of the molecule is CCNC(=O)NC(=O)C(C)NOCc1ccccc1. The molecule has 6 heteroatoms. The van der Waals surface area contributed by atoms with E-state index in [2.05, 4.69) is 16.1 Å². The molecule has 3 amide bonds. The summed E-state index contributed by atoms with van der Waals surface area (Å²) in [5.74, 6) is -0.445. The molecule has 0 aliphatic heterocycles. The molecule has 1 aromatic carbocycles. The van der Waals surface area contributed by atoms with Gasteiger partial charge in [0.2, 0.25) is 5.91 Å². The minimum atomic E-state index is -0.619. The largest absolute Gasteiger partial charge is 0.338 e. The molecule has 0 heterocycles. The van der Waals surface area contributed by atoms with Gasteiger partial charge in [0.05, 0.1) is 6.61 Å². The first kappa shape index (κ1) is 15.1. The molecule has 19 heavy (non-hydrogen) atoms. The van der Waals surface area contributed by atoms with Crippen molar-refractivity contribution in [2.75, 3.05) is 6.54 Å². The van der Waals surface area contributed by atoms with Crippen LogP contribution in [0.1, 0.15) is 19.4 Å². The number of urea groups is 1. The van der Waals surface area contributed by atoms with Crippen molar-refractivity contribution < 1.29 is 14.4 Å². The molecule has 1 unspecified atom stereocenters. The van der Waals surface area contributed by atoms with Gasteiger partial charge in [-0.25, -0.2) is 4.79 Å². The average Bonchev–Trinajstić information content (AvgIpc) is 2.40. The molecular formula is C13H19N3O3. The highest BCUT2D eigenvalue weighted by Crippen LogP contribution is 1.99. The number of rotatable bonds is 6. The van der Waals surface area contributed by atoms with E-state index in [-0.39, 0.29) is 0 Å². The summed E-state index contributed by atoms with van der Waals surface area (Å²) in [4.78, 5) is 27.9. The normalized spacial score (nSPS) is 11.7. The van der Waals surface area contributed by atoms with Gasteiger partial charge in [-0.3, -0.25) is 14.9 Å². The zero-order valence-corrected chi connectivity index (χ0v) is 11.1. The van der Waals surface area contributed by atoms with Gasteiger partial charge in [-0.1, -0.05) is 30.3 Å². The lowest BCUT2D eigenvalue weighted by molar-refractivity contribution is -0.126. The maximum Gasteiger partial charge on any atom is 0.321 e. The summed E-state index contributed by atoms with van der Waals surface area (Å²) < 4.78 is 0. The lowest BCUT2D eigenvalue weighted by Gasteiger charge is -2.13. The number of hydrogen-bond acceptors (Lipinski definition) is 4. The van der Waals surface area contributed by atoms with E-state index >= 15 is 0 Å². The van der Waals surface area contributed by atoms with Gasteiger partial charge in [0.25, 0.3) is 0 Å². The smallest absolute Gasteiger partial charge is 0.321 e. The van der Waals surface area contributed by atoms with E-state index in [1.807, 2.05) is 30.3 Å². The molecule has 6 nitrogen and oxygen atoms in total. The molecule has 0 spiro atoms. The van der Waals surface area contributed by atoms with Crippen molar-refractivity contribution in [1.29, 1.82) is 0 Å². The Morgan fingerprint density at radius 2 is 1.95 bits per heavy atom. The number of hydrogen-bond donors (Lipinski definition) is 3. The number of nitrogens with one attached hydrogen (secondary N) is 3. The van der Waals surface area contributed by atoms with Crippen molar-refractivity contribution in [3.63, 3.8) is 0 Å². The summed E-state index contributed by atoms with van der Waals surface area (Å²) >= 11 is 0. The Labute approximate surface area is 112 Å². The Balaban J connectivity index is 2.25. The van der Waals surface area contributed by atoms with Crippen molar-refractivity contribution in [2.45, 2.75) is 26.5 Å². The van der Waals surface area contributed by atoms with Gasteiger partial charge in [-0.15, -0.1) is 0 Å². The van der Waals surface area contributed by atoms with Gasteiger partial charge in [0, 0.05) is 6.54 Å². The Bertz CT molecular complexity index is 409. The topological polar surface area (TPSA) is 79.5 Å². The van der Waals surface area contributed by atoms with Gasteiger partial charge in [-0.05, 0) is 19.4 Å². The first-order valence-electron chi connectivity index (χ1n) is 6.13. The predicted octanol–water partition coefficient (Wildman–Crippen LogP) is 0.942. The molecule has 0 saturated heterocycles. The standard InChI is InChI=1S/C13H19N3O3/c1-3-14-13(18)15-12(17)10(2)16-19-9-11-7-5-4-6-8-11/h4-8,10,16H,3,9H2,1-2H3,(H2,14,15,17,18). The van der Waals surface area contributed by atoms with E-state index in [9.17, 15) is 9.59 Å². The predicted molar refractivity (Wildman–Crippen MR) is 71.0 cm³/mol. The van der Waals surface area contributed by atoms with Gasteiger partial charge in [0.15, 0.2) is 0 Å². The van der Waals surface area contributed by atoms with Crippen LogP contribution in [-0.2, 0) is 16.2 Å². The van der Waals surface area contributed by atoms with Gasteiger partial charge in [0.1, 0.15) is 6.04 Å². The van der Waals surface area contributed by atoms with E-state index in [1.165, 1.54) is 0 Å². The fourth-order valence-electron chi connectivity index (χ4n) is 1.30. The molecule has 0 fully saturated rings. The molecule has 0 radical (unpaired) electrons. The van der Waals surface area contributed by atoms with E-state index in [0.717, 1.165) is 5.56 Å². The van der Waals surface area contributed by atoms with Crippen LogP contribution in [0.3, 0.4) is 0 Å².